The van der Waals surface area contributed by atoms with Crippen LogP contribution in [0.5, 0.6) is 0 Å². The second-order valence-corrected chi connectivity index (χ2v) is 4.44. The molecular formula is C13H12BrNO. The summed E-state index contributed by atoms with van der Waals surface area (Å²) >= 11 is 3.51. The molecule has 1 aromatic rings. The van der Waals surface area contributed by atoms with E-state index in [4.69, 9.17) is 0 Å². The van der Waals surface area contributed by atoms with E-state index in [0.717, 1.165) is 15.6 Å². The monoisotopic (exact) mass is 277 g/mol. The lowest BCUT2D eigenvalue weighted by atomic mass is 10.00. The van der Waals surface area contributed by atoms with Gasteiger partial charge in [0, 0.05) is 22.5 Å². The number of hydrogen-bond acceptors (Lipinski definition) is 1. The van der Waals surface area contributed by atoms with E-state index in [1.165, 1.54) is 0 Å². The van der Waals surface area contributed by atoms with Gasteiger partial charge in [-0.3, -0.25) is 4.79 Å². The first kappa shape index (κ1) is 11.1. The van der Waals surface area contributed by atoms with Crippen molar-refractivity contribution in [2.24, 2.45) is 5.92 Å². The summed E-state index contributed by atoms with van der Waals surface area (Å²) in [7, 11) is 0. The van der Waals surface area contributed by atoms with Crippen LogP contribution in [0, 0.1) is 5.92 Å². The van der Waals surface area contributed by atoms with E-state index in [-0.39, 0.29) is 11.8 Å². The highest BCUT2D eigenvalue weighted by atomic mass is 79.9. The van der Waals surface area contributed by atoms with Gasteiger partial charge in [0.2, 0.25) is 5.91 Å². The number of hydrogen-bond donors (Lipinski definition) is 1. The van der Waals surface area contributed by atoms with Crippen LogP contribution in [0.1, 0.15) is 5.56 Å². The summed E-state index contributed by atoms with van der Waals surface area (Å²) in [5.41, 5.74) is 1.78. The molecule has 1 amide bonds. The third kappa shape index (κ3) is 1.95. The van der Waals surface area contributed by atoms with Crippen molar-refractivity contribution < 1.29 is 4.79 Å². The number of carbonyl (C=O) groups is 1. The zero-order valence-electron chi connectivity index (χ0n) is 8.74. The SMILES string of the molecule is C=CC1CNC(=O)/C1=C(\Br)c1ccccc1. The number of benzene rings is 1. The van der Waals surface area contributed by atoms with Gasteiger partial charge in [-0.15, -0.1) is 6.58 Å². The van der Waals surface area contributed by atoms with Crippen LogP contribution < -0.4 is 5.32 Å². The molecule has 1 aromatic carbocycles. The molecule has 0 aromatic heterocycles. The summed E-state index contributed by atoms with van der Waals surface area (Å²) in [5.74, 6) is 0.0720. The number of nitrogens with one attached hydrogen (secondary N) is 1. The molecule has 82 valence electrons. The molecule has 0 bridgehead atoms. The number of amides is 1. The molecule has 1 fully saturated rings. The molecule has 1 heterocycles. The minimum Gasteiger partial charge on any atom is -0.351 e. The molecule has 2 rings (SSSR count). The predicted octanol–water partition coefficient (Wildman–Crippen LogP) is 2.72. The van der Waals surface area contributed by atoms with Gasteiger partial charge < -0.3 is 5.32 Å². The fraction of sp³-hybridized carbons (Fsp3) is 0.154. The van der Waals surface area contributed by atoms with Crippen molar-refractivity contribution in [2.75, 3.05) is 6.54 Å². The Balaban J connectivity index is 2.47. The maximum atomic E-state index is 11.7. The summed E-state index contributed by atoms with van der Waals surface area (Å²) in [6, 6.07) is 9.81. The van der Waals surface area contributed by atoms with Crippen LogP contribution in [0.4, 0.5) is 0 Å². The number of carbonyl (C=O) groups excluding carboxylic acids is 1. The Kier molecular flexibility index (Phi) is 3.25. The lowest BCUT2D eigenvalue weighted by molar-refractivity contribution is -0.116. The third-order valence-corrected chi connectivity index (χ3v) is 3.53. The Morgan fingerprint density at radius 1 is 1.44 bits per heavy atom. The van der Waals surface area contributed by atoms with Crippen molar-refractivity contribution >= 4 is 26.3 Å². The molecule has 3 heteroatoms. The summed E-state index contributed by atoms with van der Waals surface area (Å²) in [4.78, 5) is 11.7. The van der Waals surface area contributed by atoms with Gasteiger partial charge >= 0.3 is 0 Å². The normalized spacial score (nSPS) is 22.8. The largest absolute Gasteiger partial charge is 0.351 e. The Morgan fingerprint density at radius 2 is 2.12 bits per heavy atom. The molecule has 2 nitrogen and oxygen atoms in total. The third-order valence-electron chi connectivity index (χ3n) is 2.65. The lowest BCUT2D eigenvalue weighted by Crippen LogP contribution is -2.14. The van der Waals surface area contributed by atoms with Gasteiger partial charge in [0.25, 0.3) is 0 Å². The Morgan fingerprint density at radius 3 is 2.75 bits per heavy atom. The maximum Gasteiger partial charge on any atom is 0.249 e. The topological polar surface area (TPSA) is 29.1 Å². The van der Waals surface area contributed by atoms with Crippen LogP contribution in [0.3, 0.4) is 0 Å². The summed E-state index contributed by atoms with van der Waals surface area (Å²) in [6.07, 6.45) is 1.80. The van der Waals surface area contributed by atoms with Gasteiger partial charge in [-0.2, -0.15) is 0 Å². The molecule has 1 aliphatic rings. The van der Waals surface area contributed by atoms with Crippen LogP contribution in [-0.2, 0) is 4.79 Å². The molecule has 1 saturated heterocycles. The molecule has 1 aliphatic heterocycles. The zero-order valence-corrected chi connectivity index (χ0v) is 10.3. The summed E-state index contributed by atoms with van der Waals surface area (Å²) < 4.78 is 0.855. The molecule has 0 aliphatic carbocycles. The molecule has 0 saturated carbocycles. The second kappa shape index (κ2) is 4.66. The average Bonchev–Trinajstić information content (AvgIpc) is 2.70. The standard InChI is InChI=1S/C13H12BrNO/c1-2-9-8-15-13(16)11(9)12(14)10-6-4-3-5-7-10/h2-7,9H,1,8H2,(H,15,16)/b12-11-. The predicted molar refractivity (Wildman–Crippen MR) is 69.0 cm³/mol. The minimum atomic E-state index is -0.0133. The first-order chi connectivity index (χ1) is 7.74. The summed E-state index contributed by atoms with van der Waals surface area (Å²) in [5, 5.41) is 2.82. The second-order valence-electron chi connectivity index (χ2n) is 3.65. The molecule has 1 unspecified atom stereocenters. The lowest BCUT2D eigenvalue weighted by Gasteiger charge is -2.07. The molecule has 16 heavy (non-hydrogen) atoms. The minimum absolute atomic E-state index is 0.0133. The number of rotatable bonds is 2. The highest BCUT2D eigenvalue weighted by molar-refractivity contribution is 9.15. The Hall–Kier alpha value is -1.35. The van der Waals surface area contributed by atoms with Gasteiger partial charge in [0.05, 0.1) is 0 Å². The van der Waals surface area contributed by atoms with E-state index in [9.17, 15) is 4.79 Å². The average molecular weight is 278 g/mol. The summed E-state index contributed by atoms with van der Waals surface area (Å²) in [6.45, 7) is 4.39. The highest BCUT2D eigenvalue weighted by Crippen LogP contribution is 2.32. The van der Waals surface area contributed by atoms with Gasteiger partial charge in [-0.05, 0) is 21.5 Å². The zero-order chi connectivity index (χ0) is 11.5. The van der Waals surface area contributed by atoms with Crippen molar-refractivity contribution in [3.63, 3.8) is 0 Å². The van der Waals surface area contributed by atoms with E-state index in [1.54, 1.807) is 6.08 Å². The molecule has 0 radical (unpaired) electrons. The van der Waals surface area contributed by atoms with Crippen molar-refractivity contribution in [1.82, 2.24) is 5.32 Å². The van der Waals surface area contributed by atoms with Crippen LogP contribution in [0.15, 0.2) is 48.6 Å². The fourth-order valence-electron chi connectivity index (χ4n) is 1.77. The smallest absolute Gasteiger partial charge is 0.249 e. The van der Waals surface area contributed by atoms with E-state index in [2.05, 4.69) is 27.8 Å². The van der Waals surface area contributed by atoms with Crippen molar-refractivity contribution in [3.8, 4) is 0 Å². The maximum absolute atomic E-state index is 11.7. The van der Waals surface area contributed by atoms with Gasteiger partial charge in [0.1, 0.15) is 0 Å². The van der Waals surface area contributed by atoms with Crippen LogP contribution in [0.2, 0.25) is 0 Å². The number of halogens is 1. The van der Waals surface area contributed by atoms with Crippen molar-refractivity contribution in [3.05, 3.63) is 54.1 Å². The Labute approximate surface area is 103 Å². The van der Waals surface area contributed by atoms with Crippen LogP contribution in [-0.4, -0.2) is 12.5 Å². The first-order valence-corrected chi connectivity index (χ1v) is 5.89. The van der Waals surface area contributed by atoms with E-state index in [0.29, 0.717) is 6.54 Å². The molecule has 1 atom stereocenters. The van der Waals surface area contributed by atoms with E-state index < -0.39 is 0 Å². The van der Waals surface area contributed by atoms with Gasteiger partial charge in [0.15, 0.2) is 0 Å². The Bertz CT molecular complexity index is 450. The molecule has 0 spiro atoms. The van der Waals surface area contributed by atoms with E-state index in [1.807, 2.05) is 30.3 Å². The van der Waals surface area contributed by atoms with Crippen LogP contribution in [0.25, 0.3) is 4.48 Å². The molecular weight excluding hydrogens is 266 g/mol. The van der Waals surface area contributed by atoms with Gasteiger partial charge in [-0.1, -0.05) is 36.4 Å². The van der Waals surface area contributed by atoms with E-state index >= 15 is 0 Å². The van der Waals surface area contributed by atoms with Crippen LogP contribution >= 0.6 is 15.9 Å². The first-order valence-electron chi connectivity index (χ1n) is 5.10. The highest BCUT2D eigenvalue weighted by Gasteiger charge is 2.28. The van der Waals surface area contributed by atoms with Gasteiger partial charge in [-0.25, -0.2) is 0 Å². The quantitative estimate of drug-likeness (QED) is 0.654. The fourth-order valence-corrected chi connectivity index (χ4v) is 2.51. The molecule has 1 N–H and O–H groups in total. The van der Waals surface area contributed by atoms with Crippen molar-refractivity contribution in [1.29, 1.82) is 0 Å². The van der Waals surface area contributed by atoms with Crippen molar-refractivity contribution in [2.45, 2.75) is 0 Å².